The Morgan fingerprint density at radius 2 is 2.33 bits per heavy atom. The zero-order chi connectivity index (χ0) is 8.97. The summed E-state index contributed by atoms with van der Waals surface area (Å²) in [6.45, 7) is 9.06. The van der Waals surface area contributed by atoms with E-state index in [9.17, 15) is 0 Å². The van der Waals surface area contributed by atoms with Crippen LogP contribution in [-0.4, -0.2) is 42.1 Å². The molecule has 2 N–H and O–H groups in total. The molecule has 0 saturated carbocycles. The van der Waals surface area contributed by atoms with Gasteiger partial charge in [-0.15, -0.1) is 0 Å². The van der Waals surface area contributed by atoms with Gasteiger partial charge in [0.2, 0.25) is 0 Å². The largest absolute Gasteiger partial charge is 0.329 e. The van der Waals surface area contributed by atoms with Gasteiger partial charge in [-0.05, 0) is 5.92 Å². The first kappa shape index (κ1) is 10.4. The van der Waals surface area contributed by atoms with Crippen molar-refractivity contribution in [2.75, 3.05) is 31.9 Å². The fourth-order valence-electron chi connectivity index (χ4n) is 1.61. The summed E-state index contributed by atoms with van der Waals surface area (Å²) in [5, 5.41) is 0.678. The van der Waals surface area contributed by atoms with Gasteiger partial charge in [0.25, 0.3) is 0 Å². The summed E-state index contributed by atoms with van der Waals surface area (Å²) in [6.07, 6.45) is 0. The van der Waals surface area contributed by atoms with Gasteiger partial charge >= 0.3 is 0 Å². The van der Waals surface area contributed by atoms with E-state index in [0.29, 0.717) is 5.25 Å². The Hall–Kier alpha value is 0.270. The van der Waals surface area contributed by atoms with Crippen LogP contribution in [0.5, 0.6) is 0 Å². The highest BCUT2D eigenvalue weighted by atomic mass is 32.2. The maximum atomic E-state index is 5.65. The van der Waals surface area contributed by atoms with Crippen molar-refractivity contribution in [3.05, 3.63) is 0 Å². The van der Waals surface area contributed by atoms with Gasteiger partial charge in [-0.2, -0.15) is 11.8 Å². The predicted molar refractivity (Wildman–Crippen MR) is 56.6 cm³/mol. The molecule has 1 fully saturated rings. The molecule has 1 aliphatic rings. The molecule has 2 nitrogen and oxygen atoms in total. The van der Waals surface area contributed by atoms with Gasteiger partial charge in [-0.25, -0.2) is 0 Å². The van der Waals surface area contributed by atoms with Gasteiger partial charge in [0.05, 0.1) is 0 Å². The minimum atomic E-state index is 0.678. The van der Waals surface area contributed by atoms with Crippen LogP contribution in [-0.2, 0) is 0 Å². The summed E-state index contributed by atoms with van der Waals surface area (Å²) in [7, 11) is 0. The summed E-state index contributed by atoms with van der Waals surface area (Å²) in [4.78, 5) is 2.54. The number of nitrogens with zero attached hydrogens (tertiary/aromatic N) is 1. The predicted octanol–water partition coefficient (Wildman–Crippen LogP) is 1.02. The Bertz CT molecular complexity index is 128. The number of hydrogen-bond acceptors (Lipinski definition) is 3. The molecule has 0 radical (unpaired) electrons. The topological polar surface area (TPSA) is 29.3 Å². The Balaban J connectivity index is 2.25. The van der Waals surface area contributed by atoms with Gasteiger partial charge in [0, 0.05) is 37.2 Å². The lowest BCUT2D eigenvalue weighted by Gasteiger charge is -2.32. The molecule has 12 heavy (non-hydrogen) atoms. The van der Waals surface area contributed by atoms with Crippen molar-refractivity contribution < 1.29 is 0 Å². The number of rotatable bonds is 3. The molecule has 0 spiro atoms. The molecular weight excluding hydrogens is 168 g/mol. The van der Waals surface area contributed by atoms with Crippen LogP contribution in [0.15, 0.2) is 0 Å². The molecule has 0 aromatic heterocycles. The van der Waals surface area contributed by atoms with E-state index in [1.54, 1.807) is 0 Å². The molecule has 0 bridgehead atoms. The van der Waals surface area contributed by atoms with E-state index in [4.69, 9.17) is 5.73 Å². The van der Waals surface area contributed by atoms with Crippen molar-refractivity contribution in [3.63, 3.8) is 0 Å². The van der Waals surface area contributed by atoms with Crippen molar-refractivity contribution in [2.24, 2.45) is 11.7 Å². The van der Waals surface area contributed by atoms with Crippen LogP contribution in [0.1, 0.15) is 13.8 Å². The van der Waals surface area contributed by atoms with Crippen LogP contribution in [0.2, 0.25) is 0 Å². The molecule has 1 atom stereocenters. The highest BCUT2D eigenvalue weighted by molar-refractivity contribution is 8.00. The number of hydrogen-bond donors (Lipinski definition) is 1. The molecule has 72 valence electrons. The summed E-state index contributed by atoms with van der Waals surface area (Å²) >= 11 is 2.03. The molecular formula is C9H20N2S. The van der Waals surface area contributed by atoms with E-state index in [0.717, 1.165) is 12.5 Å². The van der Waals surface area contributed by atoms with Crippen molar-refractivity contribution >= 4 is 11.8 Å². The minimum Gasteiger partial charge on any atom is -0.329 e. The van der Waals surface area contributed by atoms with Crippen LogP contribution in [0.3, 0.4) is 0 Å². The monoisotopic (exact) mass is 188 g/mol. The van der Waals surface area contributed by atoms with Crippen molar-refractivity contribution in [2.45, 2.75) is 19.1 Å². The van der Waals surface area contributed by atoms with Crippen LogP contribution in [0.25, 0.3) is 0 Å². The molecule has 1 saturated heterocycles. The van der Waals surface area contributed by atoms with E-state index >= 15 is 0 Å². The molecule has 0 aromatic rings. The summed E-state index contributed by atoms with van der Waals surface area (Å²) in [5.41, 5.74) is 5.65. The van der Waals surface area contributed by atoms with Crippen molar-refractivity contribution in [1.82, 2.24) is 4.90 Å². The summed E-state index contributed by atoms with van der Waals surface area (Å²) in [6, 6.07) is 0. The molecule has 3 heteroatoms. The lowest BCUT2D eigenvalue weighted by molar-refractivity contribution is 0.253. The molecule has 1 aliphatic heterocycles. The molecule has 1 rings (SSSR count). The molecule has 1 heterocycles. The minimum absolute atomic E-state index is 0.678. The zero-order valence-corrected chi connectivity index (χ0v) is 8.94. The average molecular weight is 188 g/mol. The van der Waals surface area contributed by atoms with E-state index in [1.807, 2.05) is 11.8 Å². The Kier molecular flexibility index (Phi) is 4.40. The lowest BCUT2D eigenvalue weighted by atomic mass is 10.2. The quantitative estimate of drug-likeness (QED) is 0.717. The third-order valence-electron chi connectivity index (χ3n) is 2.11. The third-order valence-corrected chi connectivity index (χ3v) is 3.34. The van der Waals surface area contributed by atoms with E-state index in [-0.39, 0.29) is 0 Å². The maximum Gasteiger partial charge on any atom is 0.0298 e. The van der Waals surface area contributed by atoms with E-state index < -0.39 is 0 Å². The molecule has 0 aliphatic carbocycles. The van der Waals surface area contributed by atoms with Gasteiger partial charge in [0.15, 0.2) is 0 Å². The van der Waals surface area contributed by atoms with Crippen LogP contribution < -0.4 is 5.73 Å². The van der Waals surface area contributed by atoms with Gasteiger partial charge in [-0.1, -0.05) is 13.8 Å². The van der Waals surface area contributed by atoms with Gasteiger partial charge in [-0.3, -0.25) is 0 Å². The molecule has 1 unspecified atom stereocenters. The van der Waals surface area contributed by atoms with Crippen molar-refractivity contribution in [1.29, 1.82) is 0 Å². The second kappa shape index (κ2) is 5.10. The fourth-order valence-corrected chi connectivity index (χ4v) is 2.75. The second-order valence-electron chi connectivity index (χ2n) is 3.88. The Morgan fingerprint density at radius 3 is 2.92 bits per heavy atom. The van der Waals surface area contributed by atoms with Crippen molar-refractivity contribution in [3.8, 4) is 0 Å². The van der Waals surface area contributed by atoms with E-state index in [1.165, 1.54) is 25.4 Å². The fraction of sp³-hybridized carbons (Fsp3) is 1.00. The normalized spacial score (nSPS) is 26.5. The average Bonchev–Trinajstić information content (AvgIpc) is 2.03. The zero-order valence-electron chi connectivity index (χ0n) is 8.12. The smallest absolute Gasteiger partial charge is 0.0298 e. The Morgan fingerprint density at radius 1 is 1.58 bits per heavy atom. The van der Waals surface area contributed by atoms with Gasteiger partial charge in [0.1, 0.15) is 0 Å². The summed E-state index contributed by atoms with van der Waals surface area (Å²) in [5.74, 6) is 2.04. The molecule has 0 amide bonds. The van der Waals surface area contributed by atoms with Gasteiger partial charge < -0.3 is 10.6 Å². The summed E-state index contributed by atoms with van der Waals surface area (Å²) < 4.78 is 0. The maximum absolute atomic E-state index is 5.65. The van der Waals surface area contributed by atoms with Crippen LogP contribution in [0, 0.1) is 5.92 Å². The van der Waals surface area contributed by atoms with Crippen LogP contribution >= 0.6 is 11.8 Å². The standard InChI is InChI=1S/C9H20N2S/c1-8(2)6-11-3-4-12-9(5-10)7-11/h8-9H,3-7,10H2,1-2H3. The highest BCUT2D eigenvalue weighted by Crippen LogP contribution is 2.18. The lowest BCUT2D eigenvalue weighted by Crippen LogP contribution is -2.42. The second-order valence-corrected chi connectivity index (χ2v) is 5.29. The first-order valence-corrected chi connectivity index (χ1v) is 5.81. The number of thioether (sulfide) groups is 1. The van der Waals surface area contributed by atoms with E-state index in [2.05, 4.69) is 18.7 Å². The van der Waals surface area contributed by atoms with Crippen LogP contribution in [0.4, 0.5) is 0 Å². The molecule has 0 aromatic carbocycles. The third kappa shape index (κ3) is 3.33. The highest BCUT2D eigenvalue weighted by Gasteiger charge is 2.19. The first-order chi connectivity index (χ1) is 5.72. The first-order valence-electron chi connectivity index (χ1n) is 4.76. The Labute approximate surface area is 79.9 Å². The SMILES string of the molecule is CC(C)CN1CCSC(CN)C1. The number of nitrogens with two attached hydrogens (primary N) is 1.